The third kappa shape index (κ3) is 3.62. The summed E-state index contributed by atoms with van der Waals surface area (Å²) >= 11 is 0. The molecule has 0 aliphatic carbocycles. The van der Waals surface area contributed by atoms with E-state index in [9.17, 15) is 5.11 Å². The average molecular weight is 342 g/mol. The molecule has 0 amide bonds. The third-order valence-corrected chi connectivity index (χ3v) is 4.32. The molecule has 1 N–H and O–H groups in total. The summed E-state index contributed by atoms with van der Waals surface area (Å²) in [5, 5.41) is 11.3. The van der Waals surface area contributed by atoms with Gasteiger partial charge in [-0.2, -0.15) is 0 Å². The number of benzene rings is 2. The van der Waals surface area contributed by atoms with Gasteiger partial charge in [0, 0.05) is 7.11 Å². The summed E-state index contributed by atoms with van der Waals surface area (Å²) in [6, 6.07) is 19.6. The van der Waals surface area contributed by atoms with Gasteiger partial charge in [-0.05, 0) is 31.9 Å². The van der Waals surface area contributed by atoms with Crippen LogP contribution in [-0.2, 0) is 19.8 Å². The highest BCUT2D eigenvalue weighted by atomic mass is 16.8. The second kappa shape index (κ2) is 6.89. The van der Waals surface area contributed by atoms with E-state index < -0.39 is 29.7 Å². The van der Waals surface area contributed by atoms with Crippen LogP contribution < -0.4 is 0 Å². The molecule has 1 heterocycles. The van der Waals surface area contributed by atoms with Gasteiger partial charge in [-0.1, -0.05) is 60.7 Å². The summed E-state index contributed by atoms with van der Waals surface area (Å²) in [5.74, 6) is 0. The molecule has 3 rings (SSSR count). The molecule has 2 aromatic carbocycles. The van der Waals surface area contributed by atoms with E-state index in [1.807, 2.05) is 81.4 Å². The zero-order valence-electron chi connectivity index (χ0n) is 15.2. The van der Waals surface area contributed by atoms with E-state index in [4.69, 9.17) is 14.2 Å². The van der Waals surface area contributed by atoms with Gasteiger partial charge in [-0.15, -0.1) is 0 Å². The maximum Gasteiger partial charge on any atom is 0.186 e. The minimum Gasteiger partial charge on any atom is -0.386 e. The van der Waals surface area contributed by atoms with Crippen LogP contribution in [0.5, 0.6) is 0 Å². The minimum absolute atomic E-state index is 0.412. The van der Waals surface area contributed by atoms with Crippen molar-refractivity contribution in [2.45, 2.75) is 50.5 Å². The van der Waals surface area contributed by atoms with Crippen LogP contribution in [0, 0.1) is 0 Å². The Kier molecular flexibility index (Phi) is 4.98. The second-order valence-electron chi connectivity index (χ2n) is 7.33. The van der Waals surface area contributed by atoms with Gasteiger partial charge in [0.15, 0.2) is 6.29 Å². The number of aliphatic hydroxyl groups excluding tert-OH is 1. The lowest BCUT2D eigenvalue weighted by Crippen LogP contribution is -2.50. The number of methoxy groups -OCH3 is 1. The van der Waals surface area contributed by atoms with Gasteiger partial charge >= 0.3 is 0 Å². The highest BCUT2D eigenvalue weighted by molar-refractivity contribution is 5.39. The molecule has 1 aliphatic heterocycles. The first-order chi connectivity index (χ1) is 11.9. The van der Waals surface area contributed by atoms with E-state index in [-0.39, 0.29) is 0 Å². The summed E-state index contributed by atoms with van der Waals surface area (Å²) in [4.78, 5) is 0. The fourth-order valence-corrected chi connectivity index (χ4v) is 3.29. The molecular weight excluding hydrogens is 316 g/mol. The molecule has 1 aliphatic rings. The SMILES string of the molecule is COC1OC1C(O)C(OC(C)(C)C)(c1ccccc1)c1ccccc1. The molecule has 1 fully saturated rings. The van der Waals surface area contributed by atoms with Gasteiger partial charge in [-0.3, -0.25) is 0 Å². The van der Waals surface area contributed by atoms with Crippen LogP contribution in [0.1, 0.15) is 31.9 Å². The number of aliphatic hydroxyl groups is 1. The summed E-state index contributed by atoms with van der Waals surface area (Å²) in [7, 11) is 1.58. The van der Waals surface area contributed by atoms with E-state index in [1.165, 1.54) is 0 Å². The van der Waals surface area contributed by atoms with E-state index in [0.717, 1.165) is 11.1 Å². The quantitative estimate of drug-likeness (QED) is 0.817. The molecule has 3 atom stereocenters. The molecule has 0 saturated carbocycles. The van der Waals surface area contributed by atoms with Crippen LogP contribution >= 0.6 is 0 Å². The van der Waals surface area contributed by atoms with Crippen LogP contribution in [0.4, 0.5) is 0 Å². The summed E-state index contributed by atoms with van der Waals surface area (Å²) in [6.45, 7) is 5.96. The minimum atomic E-state index is -1.06. The van der Waals surface area contributed by atoms with Gasteiger partial charge in [-0.25, -0.2) is 0 Å². The average Bonchev–Trinajstić information content (AvgIpc) is 3.39. The Hall–Kier alpha value is -1.72. The predicted molar refractivity (Wildman–Crippen MR) is 96.2 cm³/mol. The van der Waals surface area contributed by atoms with Crippen molar-refractivity contribution in [2.24, 2.45) is 0 Å². The molecule has 0 bridgehead atoms. The lowest BCUT2D eigenvalue weighted by atomic mass is 9.79. The first kappa shape index (κ1) is 18.1. The van der Waals surface area contributed by atoms with Gasteiger partial charge in [0.2, 0.25) is 0 Å². The number of rotatable bonds is 6. The molecule has 2 aromatic rings. The Labute approximate surface area is 149 Å². The molecular formula is C21H26O4. The first-order valence-corrected chi connectivity index (χ1v) is 8.56. The largest absolute Gasteiger partial charge is 0.386 e. The Morgan fingerprint density at radius 2 is 1.40 bits per heavy atom. The molecule has 4 nitrogen and oxygen atoms in total. The van der Waals surface area contributed by atoms with Crippen molar-refractivity contribution in [3.8, 4) is 0 Å². The van der Waals surface area contributed by atoms with Crippen molar-refractivity contribution in [2.75, 3.05) is 7.11 Å². The number of hydrogen-bond donors (Lipinski definition) is 1. The maximum absolute atomic E-state index is 11.3. The molecule has 3 unspecified atom stereocenters. The molecule has 0 aromatic heterocycles. The normalized spacial score (nSPS) is 21.8. The van der Waals surface area contributed by atoms with Crippen LogP contribution in [-0.4, -0.2) is 36.3 Å². The fourth-order valence-electron chi connectivity index (χ4n) is 3.29. The third-order valence-electron chi connectivity index (χ3n) is 4.32. The van der Waals surface area contributed by atoms with E-state index in [1.54, 1.807) is 7.11 Å². The van der Waals surface area contributed by atoms with E-state index >= 15 is 0 Å². The maximum atomic E-state index is 11.3. The van der Waals surface area contributed by atoms with Gasteiger partial charge in [0.25, 0.3) is 0 Å². The van der Waals surface area contributed by atoms with Gasteiger partial charge in [0.1, 0.15) is 17.8 Å². The summed E-state index contributed by atoms with van der Waals surface area (Å²) < 4.78 is 17.4. The molecule has 134 valence electrons. The van der Waals surface area contributed by atoms with Crippen molar-refractivity contribution in [3.63, 3.8) is 0 Å². The number of ether oxygens (including phenoxy) is 3. The summed E-state index contributed by atoms with van der Waals surface area (Å²) in [6.07, 6.45) is -1.76. The van der Waals surface area contributed by atoms with Crippen LogP contribution in [0.2, 0.25) is 0 Å². The Morgan fingerprint density at radius 1 is 0.920 bits per heavy atom. The van der Waals surface area contributed by atoms with Gasteiger partial charge in [0.05, 0.1) is 5.60 Å². The predicted octanol–water partition coefficient (Wildman–Crippen LogP) is 3.48. The van der Waals surface area contributed by atoms with E-state index in [0.29, 0.717) is 0 Å². The van der Waals surface area contributed by atoms with Crippen molar-refractivity contribution >= 4 is 0 Å². The molecule has 1 saturated heterocycles. The standard InChI is InChI=1S/C21H26O4/c1-20(2,3)25-21(15-11-7-5-8-12-15,16-13-9-6-10-14-16)18(22)17-19(23-4)24-17/h5-14,17-19,22H,1-4H3. The topological polar surface area (TPSA) is 51.2 Å². The Morgan fingerprint density at radius 3 is 1.76 bits per heavy atom. The zero-order valence-corrected chi connectivity index (χ0v) is 15.2. The van der Waals surface area contributed by atoms with Crippen LogP contribution in [0.3, 0.4) is 0 Å². The molecule has 0 spiro atoms. The van der Waals surface area contributed by atoms with Crippen molar-refractivity contribution in [1.82, 2.24) is 0 Å². The second-order valence-corrected chi connectivity index (χ2v) is 7.33. The van der Waals surface area contributed by atoms with E-state index in [2.05, 4.69) is 0 Å². The molecule has 25 heavy (non-hydrogen) atoms. The van der Waals surface area contributed by atoms with Crippen molar-refractivity contribution in [1.29, 1.82) is 0 Å². The Balaban J connectivity index is 2.17. The zero-order chi connectivity index (χ0) is 18.1. The van der Waals surface area contributed by atoms with Crippen molar-refractivity contribution in [3.05, 3.63) is 71.8 Å². The highest BCUT2D eigenvalue weighted by Gasteiger charge is 2.57. The lowest BCUT2D eigenvalue weighted by Gasteiger charge is -2.43. The summed E-state index contributed by atoms with van der Waals surface area (Å²) in [5.41, 5.74) is 0.228. The molecule has 4 heteroatoms. The van der Waals surface area contributed by atoms with Gasteiger partial charge < -0.3 is 19.3 Å². The first-order valence-electron chi connectivity index (χ1n) is 8.56. The number of epoxide rings is 1. The fraction of sp³-hybridized carbons (Fsp3) is 0.429. The Bertz CT molecular complexity index is 639. The lowest BCUT2D eigenvalue weighted by molar-refractivity contribution is -0.172. The van der Waals surface area contributed by atoms with Crippen LogP contribution in [0.25, 0.3) is 0 Å². The van der Waals surface area contributed by atoms with Crippen molar-refractivity contribution < 1.29 is 19.3 Å². The molecule has 0 radical (unpaired) electrons. The monoisotopic (exact) mass is 342 g/mol. The van der Waals surface area contributed by atoms with Crippen LogP contribution in [0.15, 0.2) is 60.7 Å². The number of hydrogen-bond acceptors (Lipinski definition) is 4. The highest BCUT2D eigenvalue weighted by Crippen LogP contribution is 2.45. The smallest absolute Gasteiger partial charge is 0.186 e.